The van der Waals surface area contributed by atoms with Gasteiger partial charge in [-0.05, 0) is 30.6 Å². The number of ether oxygens (including phenoxy) is 1. The van der Waals surface area contributed by atoms with Gasteiger partial charge in [0.25, 0.3) is 0 Å². The second-order valence-electron chi connectivity index (χ2n) is 10.2. The fourth-order valence-electron chi connectivity index (χ4n) is 4.34. The largest absolute Gasteiger partial charge is 0.378 e. The molecule has 1 aromatic rings. The minimum Gasteiger partial charge on any atom is -0.378 e. The first-order chi connectivity index (χ1) is 15.6. The molecule has 1 saturated heterocycles. The molecule has 0 aliphatic carbocycles. The van der Waals surface area contributed by atoms with Crippen molar-refractivity contribution in [3.8, 4) is 0 Å². The highest BCUT2D eigenvalue weighted by Gasteiger charge is 2.35. The number of carbonyl (C=O) groups is 2. The van der Waals surface area contributed by atoms with E-state index in [0.29, 0.717) is 70.0 Å². The molecule has 0 spiro atoms. The normalized spacial score (nSPS) is 17.3. The summed E-state index contributed by atoms with van der Waals surface area (Å²) in [6, 6.07) is 0. The monoisotopic (exact) mass is 464 g/mol. The molecule has 0 aromatic carbocycles. The number of piperidine rings is 1. The third kappa shape index (κ3) is 7.50. The van der Waals surface area contributed by atoms with Crippen molar-refractivity contribution in [1.29, 1.82) is 0 Å². The van der Waals surface area contributed by atoms with Gasteiger partial charge in [0.15, 0.2) is 0 Å². The van der Waals surface area contributed by atoms with E-state index >= 15 is 0 Å². The van der Waals surface area contributed by atoms with Crippen molar-refractivity contribution >= 4 is 11.8 Å². The Morgan fingerprint density at radius 1 is 1.21 bits per heavy atom. The van der Waals surface area contributed by atoms with Gasteiger partial charge in [-0.2, -0.15) is 0 Å². The van der Waals surface area contributed by atoms with Gasteiger partial charge in [0.05, 0.1) is 32.0 Å². The second-order valence-corrected chi connectivity index (χ2v) is 10.2. The molecule has 2 rings (SSSR count). The van der Waals surface area contributed by atoms with Crippen LogP contribution in [0.1, 0.15) is 60.1 Å². The zero-order valence-corrected chi connectivity index (χ0v) is 21.3. The number of hydrogen-bond acceptors (Lipinski definition) is 6. The number of nitrogens with zero attached hydrogens (tertiary/aromatic N) is 4. The summed E-state index contributed by atoms with van der Waals surface area (Å²) in [6.07, 6.45) is 3.38. The van der Waals surface area contributed by atoms with Crippen molar-refractivity contribution in [2.45, 2.75) is 66.3 Å². The Labute approximate surface area is 198 Å². The molecule has 3 N–H and O–H groups in total. The zero-order chi connectivity index (χ0) is 24.6. The summed E-state index contributed by atoms with van der Waals surface area (Å²) in [7, 11) is 0. The fourth-order valence-corrected chi connectivity index (χ4v) is 4.34. The Hall–Kier alpha value is -2.00. The van der Waals surface area contributed by atoms with Crippen molar-refractivity contribution in [3.63, 3.8) is 0 Å². The van der Waals surface area contributed by atoms with Crippen LogP contribution in [0.25, 0.3) is 0 Å². The van der Waals surface area contributed by atoms with E-state index in [-0.39, 0.29) is 29.7 Å². The van der Waals surface area contributed by atoms with E-state index in [2.05, 4.69) is 57.2 Å². The number of hydrogen-bond donors (Lipinski definition) is 2. The quantitative estimate of drug-likeness (QED) is 0.456. The van der Waals surface area contributed by atoms with Crippen molar-refractivity contribution < 1.29 is 14.3 Å². The summed E-state index contributed by atoms with van der Waals surface area (Å²) >= 11 is 0. The average molecular weight is 465 g/mol. The van der Waals surface area contributed by atoms with Crippen molar-refractivity contribution in [2.24, 2.45) is 29.4 Å². The van der Waals surface area contributed by atoms with Crippen LogP contribution in [0.3, 0.4) is 0 Å². The predicted molar refractivity (Wildman–Crippen MR) is 128 cm³/mol. The Morgan fingerprint density at radius 3 is 2.48 bits per heavy atom. The van der Waals surface area contributed by atoms with Crippen LogP contribution >= 0.6 is 0 Å². The fraction of sp³-hybridized carbons (Fsp3) is 0.833. The molecular weight excluding hydrogens is 420 g/mol. The Bertz CT molecular complexity index is 755. The second kappa shape index (κ2) is 12.5. The lowest BCUT2D eigenvalue weighted by molar-refractivity contribution is -0.134. The third-order valence-electron chi connectivity index (χ3n) is 7.58. The van der Waals surface area contributed by atoms with Gasteiger partial charge in [-0.15, -0.1) is 5.10 Å². The maximum absolute atomic E-state index is 12.3. The molecular formula is C24H44N6O3. The van der Waals surface area contributed by atoms with E-state index in [9.17, 15) is 9.59 Å². The molecule has 1 aliphatic rings. The van der Waals surface area contributed by atoms with Crippen LogP contribution in [0.2, 0.25) is 0 Å². The molecule has 1 aliphatic heterocycles. The molecule has 2 heterocycles. The molecule has 0 bridgehead atoms. The predicted octanol–water partition coefficient (Wildman–Crippen LogP) is 1.81. The van der Waals surface area contributed by atoms with Gasteiger partial charge < -0.3 is 20.7 Å². The number of amides is 2. The minimum atomic E-state index is -0.0547. The molecule has 2 unspecified atom stereocenters. The van der Waals surface area contributed by atoms with Crippen molar-refractivity contribution in [3.05, 3.63) is 11.9 Å². The summed E-state index contributed by atoms with van der Waals surface area (Å²) in [5.74, 6) is 1.62. The summed E-state index contributed by atoms with van der Waals surface area (Å²) in [5.41, 5.74) is 6.35. The van der Waals surface area contributed by atoms with Crippen molar-refractivity contribution in [2.75, 3.05) is 39.4 Å². The topological polar surface area (TPSA) is 115 Å². The highest BCUT2D eigenvalue weighted by atomic mass is 16.5. The molecule has 33 heavy (non-hydrogen) atoms. The van der Waals surface area contributed by atoms with E-state index in [4.69, 9.17) is 10.5 Å². The molecule has 2 atom stereocenters. The van der Waals surface area contributed by atoms with E-state index < -0.39 is 0 Å². The van der Waals surface area contributed by atoms with E-state index in [0.717, 1.165) is 5.69 Å². The first kappa shape index (κ1) is 27.2. The first-order valence-electron chi connectivity index (χ1n) is 12.3. The maximum Gasteiger partial charge on any atom is 0.236 e. The molecule has 0 radical (unpaired) electrons. The van der Waals surface area contributed by atoms with Gasteiger partial charge >= 0.3 is 0 Å². The average Bonchev–Trinajstić information content (AvgIpc) is 3.29. The number of carbonyl (C=O) groups excluding carboxylic acids is 2. The standard InChI is InChI=1S/C24H44N6O3/c1-17(2)18(3)19(4)24(5,6)21-16-30(28-27-21)12-14-33-13-9-26-23(32)20-7-10-29(11-8-20)22(31)15-25/h16-20H,7-15,25H2,1-6H3,(H,26,32). The summed E-state index contributed by atoms with van der Waals surface area (Å²) in [5, 5.41) is 11.7. The third-order valence-corrected chi connectivity index (χ3v) is 7.58. The van der Waals surface area contributed by atoms with Crippen LogP contribution in [0, 0.1) is 23.7 Å². The Morgan fingerprint density at radius 2 is 1.88 bits per heavy atom. The van der Waals surface area contributed by atoms with Gasteiger partial charge in [-0.1, -0.05) is 46.8 Å². The van der Waals surface area contributed by atoms with E-state index in [1.807, 2.05) is 10.9 Å². The SMILES string of the molecule is CC(C)C(C)C(C)C(C)(C)c1cn(CCOCCNC(=O)C2CCN(C(=O)CN)CC2)nn1. The molecule has 2 amide bonds. The maximum atomic E-state index is 12.3. The zero-order valence-electron chi connectivity index (χ0n) is 21.3. The summed E-state index contributed by atoms with van der Waals surface area (Å²) in [6.45, 7) is 16.9. The lowest BCUT2D eigenvalue weighted by Gasteiger charge is -2.36. The molecule has 0 saturated carbocycles. The van der Waals surface area contributed by atoms with Gasteiger partial charge in [0.1, 0.15) is 0 Å². The van der Waals surface area contributed by atoms with Crippen LogP contribution < -0.4 is 11.1 Å². The number of nitrogens with one attached hydrogen (secondary N) is 1. The van der Waals surface area contributed by atoms with Crippen LogP contribution in [0.5, 0.6) is 0 Å². The van der Waals surface area contributed by atoms with Crippen LogP contribution in [0.4, 0.5) is 0 Å². The lowest BCUT2D eigenvalue weighted by atomic mass is 9.69. The number of nitrogens with two attached hydrogens (primary N) is 1. The minimum absolute atomic E-state index is 0.0261. The van der Waals surface area contributed by atoms with Gasteiger partial charge in [-0.25, -0.2) is 4.68 Å². The molecule has 9 heteroatoms. The summed E-state index contributed by atoms with van der Waals surface area (Å²) in [4.78, 5) is 25.7. The number of rotatable bonds is 12. The molecule has 1 aromatic heterocycles. The Kier molecular flexibility index (Phi) is 10.3. The summed E-state index contributed by atoms with van der Waals surface area (Å²) < 4.78 is 7.51. The first-order valence-corrected chi connectivity index (χ1v) is 12.3. The molecule has 1 fully saturated rings. The highest BCUT2D eigenvalue weighted by Crippen LogP contribution is 2.37. The lowest BCUT2D eigenvalue weighted by Crippen LogP contribution is -2.45. The Balaban J connectivity index is 1.65. The van der Waals surface area contributed by atoms with E-state index in [1.54, 1.807) is 4.90 Å². The molecule has 188 valence electrons. The van der Waals surface area contributed by atoms with Gasteiger partial charge in [0, 0.05) is 37.2 Å². The van der Waals surface area contributed by atoms with Gasteiger partial charge in [-0.3, -0.25) is 9.59 Å². The smallest absolute Gasteiger partial charge is 0.236 e. The molecule has 9 nitrogen and oxygen atoms in total. The number of likely N-dealkylation sites (tertiary alicyclic amines) is 1. The highest BCUT2D eigenvalue weighted by molar-refractivity contribution is 5.80. The van der Waals surface area contributed by atoms with E-state index in [1.165, 1.54) is 0 Å². The van der Waals surface area contributed by atoms with Crippen molar-refractivity contribution in [1.82, 2.24) is 25.2 Å². The van der Waals surface area contributed by atoms with Crippen LogP contribution in [0.15, 0.2) is 6.20 Å². The van der Waals surface area contributed by atoms with Crippen LogP contribution in [-0.4, -0.2) is 71.1 Å². The number of aromatic nitrogens is 3. The van der Waals surface area contributed by atoms with Gasteiger partial charge in [0.2, 0.25) is 11.8 Å². The van der Waals surface area contributed by atoms with Crippen LogP contribution in [-0.2, 0) is 26.3 Å².